The molecule has 3 aliphatic heterocycles. The molecule has 33 heavy (non-hydrogen) atoms. The monoisotopic (exact) mass is 473 g/mol. The van der Waals surface area contributed by atoms with Crippen molar-refractivity contribution in [1.82, 2.24) is 10.2 Å². The van der Waals surface area contributed by atoms with Gasteiger partial charge in [0.05, 0.1) is 16.6 Å². The van der Waals surface area contributed by atoms with E-state index in [0.29, 0.717) is 6.54 Å². The fraction of sp³-hybridized carbons (Fsp3) is 0.640. The number of likely N-dealkylation sites (tertiary alicyclic amines) is 1. The SMILES string of the molecule is CNC(=O)[C@@H]1[C@@H]2CCC3(S2)C(C(=O)Nc2cc(C)ccc2C)N(CCCCCCO)C(=O)[C@H]13. The van der Waals surface area contributed by atoms with Crippen LogP contribution in [0.5, 0.6) is 0 Å². The molecule has 8 heteroatoms. The van der Waals surface area contributed by atoms with Crippen LogP contribution in [0.15, 0.2) is 18.2 Å². The Bertz CT molecular complexity index is 938. The second kappa shape index (κ2) is 9.66. The first-order valence-electron chi connectivity index (χ1n) is 12.0. The number of anilines is 1. The maximum atomic E-state index is 13.8. The Morgan fingerprint density at radius 3 is 2.67 bits per heavy atom. The third-order valence-corrected chi connectivity index (χ3v) is 9.51. The van der Waals surface area contributed by atoms with Crippen LogP contribution < -0.4 is 10.6 Å². The first-order valence-corrected chi connectivity index (χ1v) is 12.9. The van der Waals surface area contributed by atoms with Crippen LogP contribution in [0.3, 0.4) is 0 Å². The van der Waals surface area contributed by atoms with E-state index in [9.17, 15) is 14.4 Å². The molecule has 7 nitrogen and oxygen atoms in total. The van der Waals surface area contributed by atoms with Gasteiger partial charge in [-0.05, 0) is 56.7 Å². The minimum atomic E-state index is -0.586. The van der Waals surface area contributed by atoms with Crippen molar-refractivity contribution in [3.8, 4) is 0 Å². The molecule has 1 spiro atoms. The van der Waals surface area contributed by atoms with Crippen LogP contribution in [-0.2, 0) is 14.4 Å². The summed E-state index contributed by atoms with van der Waals surface area (Å²) in [6.07, 6.45) is 4.93. The van der Waals surface area contributed by atoms with Gasteiger partial charge < -0.3 is 20.6 Å². The third kappa shape index (κ3) is 4.16. The van der Waals surface area contributed by atoms with E-state index in [2.05, 4.69) is 10.6 Å². The Labute approximate surface area is 200 Å². The van der Waals surface area contributed by atoms with Crippen LogP contribution >= 0.6 is 11.8 Å². The van der Waals surface area contributed by atoms with Gasteiger partial charge in [0.15, 0.2) is 0 Å². The van der Waals surface area contributed by atoms with E-state index in [0.717, 1.165) is 55.3 Å². The second-order valence-electron chi connectivity index (χ2n) is 9.65. The highest BCUT2D eigenvalue weighted by atomic mass is 32.2. The van der Waals surface area contributed by atoms with Crippen LogP contribution in [0.25, 0.3) is 0 Å². The van der Waals surface area contributed by atoms with Crippen molar-refractivity contribution in [2.45, 2.75) is 68.4 Å². The molecule has 4 rings (SSSR count). The van der Waals surface area contributed by atoms with Gasteiger partial charge in [0.2, 0.25) is 17.7 Å². The number of aliphatic hydroxyl groups excluding tert-OH is 1. The lowest BCUT2D eigenvalue weighted by atomic mass is 9.70. The van der Waals surface area contributed by atoms with Crippen molar-refractivity contribution >= 4 is 35.2 Å². The highest BCUT2D eigenvalue weighted by Crippen LogP contribution is 2.66. The van der Waals surface area contributed by atoms with Crippen molar-refractivity contribution in [3.05, 3.63) is 29.3 Å². The number of nitrogens with zero attached hydrogens (tertiary/aromatic N) is 1. The van der Waals surface area contributed by atoms with Gasteiger partial charge in [0.25, 0.3) is 0 Å². The number of aryl methyl sites for hydroxylation is 2. The van der Waals surface area contributed by atoms with Gasteiger partial charge in [0, 0.05) is 31.1 Å². The van der Waals surface area contributed by atoms with Crippen molar-refractivity contribution in [2.75, 3.05) is 25.5 Å². The Balaban J connectivity index is 1.63. The Morgan fingerprint density at radius 2 is 1.94 bits per heavy atom. The quantitative estimate of drug-likeness (QED) is 0.479. The zero-order chi connectivity index (χ0) is 23.8. The van der Waals surface area contributed by atoms with Gasteiger partial charge in [-0.3, -0.25) is 14.4 Å². The maximum absolute atomic E-state index is 13.8. The topological polar surface area (TPSA) is 98.7 Å². The third-order valence-electron chi connectivity index (χ3n) is 7.56. The lowest BCUT2D eigenvalue weighted by Gasteiger charge is -2.34. The predicted octanol–water partition coefficient (Wildman–Crippen LogP) is 2.63. The fourth-order valence-corrected chi connectivity index (χ4v) is 8.20. The molecule has 3 fully saturated rings. The summed E-state index contributed by atoms with van der Waals surface area (Å²) < 4.78 is -0.550. The van der Waals surface area contributed by atoms with Crippen LogP contribution in [0, 0.1) is 25.7 Å². The van der Waals surface area contributed by atoms with Crippen LogP contribution in [-0.4, -0.2) is 64.0 Å². The number of benzene rings is 1. The van der Waals surface area contributed by atoms with E-state index in [4.69, 9.17) is 5.11 Å². The number of rotatable bonds is 9. The molecule has 180 valence electrons. The summed E-state index contributed by atoms with van der Waals surface area (Å²) >= 11 is 1.69. The molecule has 3 saturated heterocycles. The van der Waals surface area contributed by atoms with Gasteiger partial charge in [-0.1, -0.05) is 25.0 Å². The molecule has 0 saturated carbocycles. The molecule has 3 N–H and O–H groups in total. The number of hydrogen-bond acceptors (Lipinski definition) is 5. The molecule has 2 bridgehead atoms. The molecule has 1 aromatic carbocycles. The number of carbonyl (C=O) groups excluding carboxylic acids is 3. The summed E-state index contributed by atoms with van der Waals surface area (Å²) in [5, 5.41) is 15.0. The predicted molar refractivity (Wildman–Crippen MR) is 130 cm³/mol. The highest BCUT2D eigenvalue weighted by molar-refractivity contribution is 8.02. The zero-order valence-corrected chi connectivity index (χ0v) is 20.5. The number of aliphatic hydroxyl groups is 1. The molecular formula is C25H35N3O4S. The first-order chi connectivity index (χ1) is 15.8. The summed E-state index contributed by atoms with van der Waals surface area (Å²) in [6.45, 7) is 4.62. The van der Waals surface area contributed by atoms with Crippen molar-refractivity contribution in [1.29, 1.82) is 0 Å². The molecule has 0 aliphatic carbocycles. The van der Waals surface area contributed by atoms with Crippen molar-refractivity contribution < 1.29 is 19.5 Å². The molecule has 3 heterocycles. The van der Waals surface area contributed by atoms with E-state index in [1.807, 2.05) is 32.0 Å². The summed E-state index contributed by atoms with van der Waals surface area (Å²) in [5.41, 5.74) is 2.82. The van der Waals surface area contributed by atoms with Crippen LogP contribution in [0.4, 0.5) is 5.69 Å². The molecular weight excluding hydrogens is 438 g/mol. The normalized spacial score (nSPS) is 29.9. The molecule has 3 amide bonds. The smallest absolute Gasteiger partial charge is 0.248 e. The van der Waals surface area contributed by atoms with E-state index >= 15 is 0 Å². The average Bonchev–Trinajstić information content (AvgIpc) is 3.43. The van der Waals surface area contributed by atoms with Crippen molar-refractivity contribution in [2.24, 2.45) is 11.8 Å². The first kappa shape index (κ1) is 24.1. The molecule has 2 unspecified atom stereocenters. The number of carbonyl (C=O) groups is 3. The zero-order valence-electron chi connectivity index (χ0n) is 19.7. The Hall–Kier alpha value is -2.06. The largest absolute Gasteiger partial charge is 0.396 e. The standard InChI is InChI=1S/C25H35N3O4S/c1-15-8-9-16(2)17(14-15)27-23(31)21-25-11-10-18(33-25)19(22(30)26-3)20(25)24(32)28(21)12-6-4-5-7-13-29/h8-9,14,18-21,29H,4-7,10-13H2,1-3H3,(H,26,30)(H,27,31)/t18-,19+,20-,21?,25?/m0/s1. The molecule has 0 radical (unpaired) electrons. The molecule has 5 atom stereocenters. The van der Waals surface area contributed by atoms with Gasteiger partial charge in [-0.2, -0.15) is 0 Å². The van der Waals surface area contributed by atoms with Gasteiger partial charge in [-0.25, -0.2) is 0 Å². The minimum Gasteiger partial charge on any atom is -0.396 e. The van der Waals surface area contributed by atoms with E-state index in [1.165, 1.54) is 0 Å². The summed E-state index contributed by atoms with van der Waals surface area (Å²) in [7, 11) is 1.62. The van der Waals surface area contributed by atoms with Crippen molar-refractivity contribution in [3.63, 3.8) is 0 Å². The maximum Gasteiger partial charge on any atom is 0.248 e. The number of hydrogen-bond donors (Lipinski definition) is 3. The number of thioether (sulfide) groups is 1. The lowest BCUT2D eigenvalue weighted by molar-refractivity contribution is -0.139. The Kier molecular flexibility index (Phi) is 7.05. The van der Waals surface area contributed by atoms with Gasteiger partial charge >= 0.3 is 0 Å². The summed E-state index contributed by atoms with van der Waals surface area (Å²) in [5.74, 6) is -1.13. The molecule has 0 aromatic heterocycles. The van der Waals surface area contributed by atoms with E-state index in [-0.39, 0.29) is 35.5 Å². The average molecular weight is 474 g/mol. The molecule has 1 aromatic rings. The lowest BCUT2D eigenvalue weighted by Crippen LogP contribution is -2.51. The number of unbranched alkanes of at least 4 members (excludes halogenated alkanes) is 3. The number of nitrogens with one attached hydrogen (secondary N) is 2. The van der Waals surface area contributed by atoms with E-state index in [1.54, 1.807) is 23.7 Å². The highest BCUT2D eigenvalue weighted by Gasteiger charge is 2.73. The summed E-state index contributed by atoms with van der Waals surface area (Å²) in [4.78, 5) is 42.0. The minimum absolute atomic E-state index is 0.0541. The van der Waals surface area contributed by atoms with Gasteiger partial charge in [-0.15, -0.1) is 11.8 Å². The molecule has 3 aliphatic rings. The number of amides is 3. The van der Waals surface area contributed by atoms with E-state index < -0.39 is 16.7 Å². The summed E-state index contributed by atoms with van der Waals surface area (Å²) in [6, 6.07) is 5.38. The van der Waals surface area contributed by atoms with Gasteiger partial charge in [0.1, 0.15) is 6.04 Å². The van der Waals surface area contributed by atoms with Crippen LogP contribution in [0.1, 0.15) is 49.7 Å². The fourth-order valence-electron chi connectivity index (χ4n) is 5.98. The Morgan fingerprint density at radius 1 is 1.18 bits per heavy atom. The van der Waals surface area contributed by atoms with Crippen LogP contribution in [0.2, 0.25) is 0 Å². The second-order valence-corrected chi connectivity index (χ2v) is 11.2. The number of fused-ring (bicyclic) bond motifs is 1.